The summed E-state index contributed by atoms with van der Waals surface area (Å²) in [7, 11) is 0. The standard InChI is InChI=1S/C18H22O2/c19-16(20)18-10-7-17(8-11-18,9-12-18)15-5-3-14(4-6-15)13-1-2-13/h3-6,13H,1-2,7-12H2,(H,19,20). The lowest BCUT2D eigenvalue weighted by molar-refractivity contribution is -0.156. The molecule has 2 nitrogen and oxygen atoms in total. The average Bonchev–Trinajstić information content (AvgIpc) is 3.34. The van der Waals surface area contributed by atoms with E-state index in [0.29, 0.717) is 0 Å². The normalized spacial score (nSPS) is 36.0. The summed E-state index contributed by atoms with van der Waals surface area (Å²) in [5, 5.41) is 9.47. The molecule has 4 fully saturated rings. The first-order valence-corrected chi connectivity index (χ1v) is 7.98. The Bertz CT molecular complexity index is 515. The van der Waals surface area contributed by atoms with Gasteiger partial charge in [0.05, 0.1) is 5.41 Å². The summed E-state index contributed by atoms with van der Waals surface area (Å²) in [6, 6.07) is 9.28. The number of aliphatic carboxylic acids is 1. The Morgan fingerprint density at radius 2 is 1.50 bits per heavy atom. The van der Waals surface area contributed by atoms with Crippen LogP contribution in [0.5, 0.6) is 0 Å². The Kier molecular flexibility index (Phi) is 2.55. The van der Waals surface area contributed by atoms with Crippen molar-refractivity contribution in [2.24, 2.45) is 5.41 Å². The molecule has 4 saturated carbocycles. The summed E-state index contributed by atoms with van der Waals surface area (Å²) in [4.78, 5) is 11.5. The molecule has 1 N–H and O–H groups in total. The zero-order valence-corrected chi connectivity index (χ0v) is 11.9. The van der Waals surface area contributed by atoms with Crippen LogP contribution in [-0.4, -0.2) is 11.1 Å². The fourth-order valence-electron chi connectivity index (χ4n) is 4.46. The molecule has 4 aliphatic carbocycles. The topological polar surface area (TPSA) is 37.3 Å². The third-order valence-electron chi connectivity index (χ3n) is 6.27. The molecule has 2 bridgehead atoms. The van der Waals surface area contributed by atoms with Crippen LogP contribution < -0.4 is 0 Å². The lowest BCUT2D eigenvalue weighted by Gasteiger charge is -2.51. The van der Waals surface area contributed by atoms with Gasteiger partial charge in [-0.15, -0.1) is 0 Å². The van der Waals surface area contributed by atoms with E-state index in [1.54, 1.807) is 0 Å². The van der Waals surface area contributed by atoms with E-state index < -0.39 is 11.4 Å². The van der Waals surface area contributed by atoms with Crippen molar-refractivity contribution in [3.8, 4) is 0 Å². The number of rotatable bonds is 3. The molecule has 0 radical (unpaired) electrons. The average molecular weight is 270 g/mol. The highest BCUT2D eigenvalue weighted by Crippen LogP contribution is 2.58. The highest BCUT2D eigenvalue weighted by Gasteiger charge is 2.53. The van der Waals surface area contributed by atoms with Crippen LogP contribution >= 0.6 is 0 Å². The molecule has 0 amide bonds. The fourth-order valence-corrected chi connectivity index (χ4v) is 4.46. The van der Waals surface area contributed by atoms with Gasteiger partial charge in [-0.05, 0) is 73.8 Å². The zero-order chi connectivity index (χ0) is 13.8. The summed E-state index contributed by atoms with van der Waals surface area (Å²) in [5.41, 5.74) is 2.84. The van der Waals surface area contributed by atoms with Gasteiger partial charge in [-0.2, -0.15) is 0 Å². The first-order chi connectivity index (χ1) is 9.64. The number of hydrogen-bond donors (Lipinski definition) is 1. The second-order valence-electron chi connectivity index (χ2n) is 7.26. The summed E-state index contributed by atoms with van der Waals surface area (Å²) in [6.07, 6.45) is 8.48. The van der Waals surface area contributed by atoms with E-state index in [4.69, 9.17) is 0 Å². The van der Waals surface area contributed by atoms with Crippen molar-refractivity contribution < 1.29 is 9.90 Å². The minimum Gasteiger partial charge on any atom is -0.481 e. The lowest BCUT2D eigenvalue weighted by Crippen LogP contribution is -2.47. The number of carboxylic acids is 1. The Morgan fingerprint density at radius 1 is 0.950 bits per heavy atom. The predicted molar refractivity (Wildman–Crippen MR) is 77.9 cm³/mol. The number of fused-ring (bicyclic) bond motifs is 3. The molecule has 1 aromatic rings. The number of carbonyl (C=O) groups is 1. The maximum Gasteiger partial charge on any atom is 0.309 e. The van der Waals surface area contributed by atoms with Crippen LogP contribution in [-0.2, 0) is 10.2 Å². The van der Waals surface area contributed by atoms with Crippen molar-refractivity contribution >= 4 is 5.97 Å². The van der Waals surface area contributed by atoms with Gasteiger partial charge in [0.1, 0.15) is 0 Å². The summed E-state index contributed by atoms with van der Waals surface area (Å²) in [6.45, 7) is 0. The highest BCUT2D eigenvalue weighted by atomic mass is 16.4. The second-order valence-corrected chi connectivity index (χ2v) is 7.26. The van der Waals surface area contributed by atoms with Crippen LogP contribution in [0.3, 0.4) is 0 Å². The van der Waals surface area contributed by atoms with Crippen LogP contribution in [0.4, 0.5) is 0 Å². The Balaban J connectivity index is 1.58. The van der Waals surface area contributed by atoms with Gasteiger partial charge in [-0.1, -0.05) is 24.3 Å². The maximum absolute atomic E-state index is 11.5. The van der Waals surface area contributed by atoms with E-state index in [1.807, 2.05) is 0 Å². The van der Waals surface area contributed by atoms with Crippen LogP contribution in [0.15, 0.2) is 24.3 Å². The molecule has 20 heavy (non-hydrogen) atoms. The maximum atomic E-state index is 11.5. The third kappa shape index (κ3) is 1.73. The minimum atomic E-state index is -0.560. The minimum absolute atomic E-state index is 0.277. The molecule has 5 rings (SSSR count). The molecule has 2 heteroatoms. The van der Waals surface area contributed by atoms with Crippen molar-refractivity contribution in [1.82, 2.24) is 0 Å². The molecule has 0 spiro atoms. The first-order valence-electron chi connectivity index (χ1n) is 7.98. The molecule has 0 atom stereocenters. The summed E-state index contributed by atoms with van der Waals surface area (Å²) < 4.78 is 0. The zero-order valence-electron chi connectivity index (χ0n) is 11.9. The molecule has 0 heterocycles. The van der Waals surface area contributed by atoms with Crippen molar-refractivity contribution in [2.75, 3.05) is 0 Å². The van der Waals surface area contributed by atoms with Crippen molar-refractivity contribution in [3.63, 3.8) is 0 Å². The Hall–Kier alpha value is -1.31. The molecule has 1 aromatic carbocycles. The number of carboxylic acid groups (broad SMARTS) is 1. The monoisotopic (exact) mass is 270 g/mol. The largest absolute Gasteiger partial charge is 0.481 e. The molecule has 0 aromatic heterocycles. The van der Waals surface area contributed by atoms with Gasteiger partial charge >= 0.3 is 5.97 Å². The molecule has 0 saturated heterocycles. The summed E-state index contributed by atoms with van der Waals surface area (Å²) in [5.74, 6) is 0.258. The van der Waals surface area contributed by atoms with Crippen LogP contribution in [0.25, 0.3) is 0 Å². The van der Waals surface area contributed by atoms with E-state index in [0.717, 1.165) is 44.4 Å². The Morgan fingerprint density at radius 3 is 1.95 bits per heavy atom. The third-order valence-corrected chi connectivity index (χ3v) is 6.27. The smallest absolute Gasteiger partial charge is 0.309 e. The van der Waals surface area contributed by atoms with E-state index in [-0.39, 0.29) is 5.41 Å². The number of hydrogen-bond acceptors (Lipinski definition) is 1. The van der Waals surface area contributed by atoms with Crippen molar-refractivity contribution in [2.45, 2.75) is 62.7 Å². The molecule has 0 aliphatic heterocycles. The van der Waals surface area contributed by atoms with Crippen LogP contribution in [0.2, 0.25) is 0 Å². The van der Waals surface area contributed by atoms with Crippen LogP contribution in [0, 0.1) is 5.41 Å². The van der Waals surface area contributed by atoms with E-state index in [1.165, 1.54) is 24.0 Å². The predicted octanol–water partition coefficient (Wildman–Crippen LogP) is 4.24. The molecule has 4 aliphatic rings. The van der Waals surface area contributed by atoms with Gasteiger partial charge in [0.15, 0.2) is 0 Å². The fraction of sp³-hybridized carbons (Fsp3) is 0.611. The lowest BCUT2D eigenvalue weighted by atomic mass is 9.52. The Labute approximate surface area is 120 Å². The quantitative estimate of drug-likeness (QED) is 0.892. The molecule has 0 unspecified atom stereocenters. The van der Waals surface area contributed by atoms with Gasteiger partial charge in [0.2, 0.25) is 0 Å². The van der Waals surface area contributed by atoms with Crippen molar-refractivity contribution in [1.29, 1.82) is 0 Å². The van der Waals surface area contributed by atoms with E-state index in [9.17, 15) is 9.90 Å². The van der Waals surface area contributed by atoms with Gasteiger partial charge < -0.3 is 5.11 Å². The van der Waals surface area contributed by atoms with E-state index in [2.05, 4.69) is 24.3 Å². The SMILES string of the molecule is O=C(O)C12CCC(c3ccc(C4CC4)cc3)(CC1)CC2. The van der Waals surface area contributed by atoms with Crippen LogP contribution in [0.1, 0.15) is 68.4 Å². The second kappa shape index (κ2) is 4.09. The number of benzene rings is 1. The van der Waals surface area contributed by atoms with E-state index >= 15 is 0 Å². The van der Waals surface area contributed by atoms with Gasteiger partial charge in [-0.3, -0.25) is 4.79 Å². The summed E-state index contributed by atoms with van der Waals surface area (Å²) >= 11 is 0. The van der Waals surface area contributed by atoms with Crippen molar-refractivity contribution in [3.05, 3.63) is 35.4 Å². The van der Waals surface area contributed by atoms with Gasteiger partial charge in [0.25, 0.3) is 0 Å². The molecular weight excluding hydrogens is 248 g/mol. The highest BCUT2D eigenvalue weighted by molar-refractivity contribution is 5.75. The molecular formula is C18H22O2. The van der Waals surface area contributed by atoms with Gasteiger partial charge in [-0.25, -0.2) is 0 Å². The first kappa shape index (κ1) is 12.4. The van der Waals surface area contributed by atoms with Gasteiger partial charge in [0, 0.05) is 0 Å². The molecule has 106 valence electrons.